The zero-order valence-corrected chi connectivity index (χ0v) is 19.5. The molecule has 2 atom stereocenters. The van der Waals surface area contributed by atoms with Crippen molar-refractivity contribution >= 4 is 17.0 Å². The molecule has 1 aliphatic rings. The van der Waals surface area contributed by atoms with Crippen LogP contribution in [0.3, 0.4) is 0 Å². The van der Waals surface area contributed by atoms with E-state index >= 15 is 0 Å². The average Bonchev–Trinajstić information content (AvgIpc) is 3.29. The summed E-state index contributed by atoms with van der Waals surface area (Å²) in [6, 6.07) is 25.8. The van der Waals surface area contributed by atoms with E-state index in [9.17, 15) is 0 Å². The van der Waals surface area contributed by atoms with Crippen LogP contribution in [0, 0.1) is 6.92 Å². The van der Waals surface area contributed by atoms with Crippen LogP contribution in [-0.4, -0.2) is 35.5 Å². The molecule has 2 heterocycles. The Balaban J connectivity index is 1.31. The van der Waals surface area contributed by atoms with Crippen LogP contribution in [0.5, 0.6) is 0 Å². The molecular weight excluding hydrogens is 414 g/mol. The molecule has 0 unspecified atom stereocenters. The van der Waals surface area contributed by atoms with Crippen LogP contribution in [0.2, 0.25) is 0 Å². The molecule has 0 N–H and O–H groups in total. The lowest BCUT2D eigenvalue weighted by Gasteiger charge is -2.36. The van der Waals surface area contributed by atoms with E-state index in [2.05, 4.69) is 109 Å². The van der Waals surface area contributed by atoms with Gasteiger partial charge in [-0.15, -0.1) is 10.2 Å². The lowest BCUT2D eigenvalue weighted by Crippen LogP contribution is -2.45. The summed E-state index contributed by atoms with van der Waals surface area (Å²) in [4.78, 5) is 2.41. The van der Waals surface area contributed by atoms with Crippen molar-refractivity contribution in [1.82, 2.24) is 10.2 Å². The van der Waals surface area contributed by atoms with E-state index in [-0.39, 0.29) is 12.2 Å². The fraction of sp³-hybridized carbons (Fsp3) is 0.259. The highest BCUT2D eigenvalue weighted by Gasteiger charge is 2.22. The van der Waals surface area contributed by atoms with Gasteiger partial charge in [0.1, 0.15) is 10.0 Å². The molecular formula is C27H27N3OS. The van der Waals surface area contributed by atoms with Crippen molar-refractivity contribution < 1.29 is 4.74 Å². The van der Waals surface area contributed by atoms with Crippen LogP contribution in [0.15, 0.2) is 72.8 Å². The van der Waals surface area contributed by atoms with Crippen LogP contribution >= 0.6 is 11.3 Å². The second-order valence-corrected chi connectivity index (χ2v) is 9.54. The van der Waals surface area contributed by atoms with E-state index < -0.39 is 0 Å². The number of aromatic nitrogens is 2. The Kier molecular flexibility index (Phi) is 5.77. The highest BCUT2D eigenvalue weighted by Crippen LogP contribution is 2.32. The quantitative estimate of drug-likeness (QED) is 0.364. The maximum Gasteiger partial charge on any atom is 0.148 e. The van der Waals surface area contributed by atoms with E-state index in [4.69, 9.17) is 4.74 Å². The van der Waals surface area contributed by atoms with Crippen LogP contribution in [0.4, 0.5) is 5.69 Å². The number of hydrogen-bond donors (Lipinski definition) is 0. The molecule has 5 rings (SSSR count). The van der Waals surface area contributed by atoms with Gasteiger partial charge in [0.15, 0.2) is 0 Å². The van der Waals surface area contributed by atoms with Crippen LogP contribution in [0.25, 0.3) is 32.3 Å². The Morgan fingerprint density at radius 3 is 1.66 bits per heavy atom. The van der Waals surface area contributed by atoms with E-state index in [1.54, 1.807) is 11.3 Å². The van der Waals surface area contributed by atoms with E-state index in [1.165, 1.54) is 22.4 Å². The highest BCUT2D eigenvalue weighted by atomic mass is 32.1. The van der Waals surface area contributed by atoms with Gasteiger partial charge >= 0.3 is 0 Å². The third-order valence-electron chi connectivity index (χ3n) is 5.84. The predicted molar refractivity (Wildman–Crippen MR) is 133 cm³/mol. The number of hydrogen-bond acceptors (Lipinski definition) is 5. The summed E-state index contributed by atoms with van der Waals surface area (Å²) >= 11 is 1.63. The van der Waals surface area contributed by atoms with Gasteiger partial charge in [-0.25, -0.2) is 0 Å². The second-order valence-electron chi connectivity index (χ2n) is 8.56. The largest absolute Gasteiger partial charge is 0.372 e. The molecule has 0 bridgehead atoms. The molecule has 0 amide bonds. The van der Waals surface area contributed by atoms with Gasteiger partial charge in [0.25, 0.3) is 0 Å². The maximum absolute atomic E-state index is 5.86. The first-order valence-corrected chi connectivity index (χ1v) is 11.9. The molecule has 4 aromatic rings. The first-order valence-electron chi connectivity index (χ1n) is 11.1. The number of rotatable bonds is 4. The Bertz CT molecular complexity index is 1170. The molecule has 1 aromatic heterocycles. The van der Waals surface area contributed by atoms with Gasteiger partial charge in [-0.2, -0.15) is 0 Å². The summed E-state index contributed by atoms with van der Waals surface area (Å²) in [5, 5.41) is 10.7. The number of benzene rings is 3. The smallest absolute Gasteiger partial charge is 0.148 e. The molecule has 1 fully saturated rings. The summed E-state index contributed by atoms with van der Waals surface area (Å²) in [5.74, 6) is 0. The molecule has 5 heteroatoms. The summed E-state index contributed by atoms with van der Waals surface area (Å²) in [6.45, 7) is 8.24. The number of anilines is 1. The molecule has 3 aromatic carbocycles. The Morgan fingerprint density at radius 2 is 1.12 bits per heavy atom. The monoisotopic (exact) mass is 441 g/mol. The van der Waals surface area contributed by atoms with E-state index in [0.29, 0.717) is 0 Å². The normalized spacial score (nSPS) is 18.7. The summed E-state index contributed by atoms with van der Waals surface area (Å²) in [6.07, 6.45) is 0.524. The Hall–Kier alpha value is -3.02. The minimum Gasteiger partial charge on any atom is -0.372 e. The van der Waals surface area contributed by atoms with Gasteiger partial charge < -0.3 is 9.64 Å². The van der Waals surface area contributed by atoms with Crippen molar-refractivity contribution in [3.05, 3.63) is 78.4 Å². The number of aryl methyl sites for hydroxylation is 1. The molecule has 0 radical (unpaired) electrons. The number of ether oxygens (including phenoxy) is 1. The van der Waals surface area contributed by atoms with Crippen LogP contribution in [0.1, 0.15) is 19.4 Å². The predicted octanol–water partition coefficient (Wildman–Crippen LogP) is 6.46. The average molecular weight is 442 g/mol. The zero-order chi connectivity index (χ0) is 22.1. The van der Waals surface area contributed by atoms with Crippen molar-refractivity contribution in [3.63, 3.8) is 0 Å². The van der Waals surface area contributed by atoms with Gasteiger partial charge in [-0.05, 0) is 44.0 Å². The van der Waals surface area contributed by atoms with Gasteiger partial charge in [0, 0.05) is 29.9 Å². The maximum atomic E-state index is 5.86. The third kappa shape index (κ3) is 4.45. The van der Waals surface area contributed by atoms with Gasteiger partial charge in [0.05, 0.1) is 12.2 Å². The topological polar surface area (TPSA) is 38.2 Å². The SMILES string of the molecule is Cc1ccc(-c2nnc(-c3ccc(-c4ccc(N5C[C@@H](C)O[C@@H](C)C5)cc4)cc3)s2)cc1. The van der Waals surface area contributed by atoms with Gasteiger partial charge in [0.2, 0.25) is 0 Å². The molecule has 0 spiro atoms. The molecule has 1 saturated heterocycles. The molecule has 32 heavy (non-hydrogen) atoms. The fourth-order valence-electron chi connectivity index (χ4n) is 4.21. The lowest BCUT2D eigenvalue weighted by atomic mass is 10.0. The number of morpholine rings is 1. The molecule has 4 nitrogen and oxygen atoms in total. The Labute approximate surface area is 193 Å². The minimum absolute atomic E-state index is 0.262. The van der Waals surface area contributed by atoms with Crippen molar-refractivity contribution in [3.8, 4) is 32.3 Å². The first kappa shape index (κ1) is 20.9. The standard InChI is InChI=1S/C27H27N3OS/c1-18-4-6-23(7-5-18)26-28-29-27(32-26)24-10-8-21(9-11-24)22-12-14-25(15-13-22)30-16-19(2)31-20(3)17-30/h4-15,19-20H,16-17H2,1-3H3/t19-,20+. The molecule has 0 saturated carbocycles. The van der Waals surface area contributed by atoms with Crippen molar-refractivity contribution in [2.45, 2.75) is 33.0 Å². The number of nitrogens with zero attached hydrogens (tertiary/aromatic N) is 3. The first-order chi connectivity index (χ1) is 15.5. The summed E-state index contributed by atoms with van der Waals surface area (Å²) in [5.41, 5.74) is 7.12. The molecule has 162 valence electrons. The van der Waals surface area contributed by atoms with Crippen molar-refractivity contribution in [1.29, 1.82) is 0 Å². The van der Waals surface area contributed by atoms with Crippen molar-refractivity contribution in [2.24, 2.45) is 0 Å². The molecule has 0 aliphatic carbocycles. The molecule has 1 aliphatic heterocycles. The summed E-state index contributed by atoms with van der Waals surface area (Å²) in [7, 11) is 0. The third-order valence-corrected chi connectivity index (χ3v) is 6.86. The lowest BCUT2D eigenvalue weighted by molar-refractivity contribution is -0.00521. The summed E-state index contributed by atoms with van der Waals surface area (Å²) < 4.78 is 5.86. The second kappa shape index (κ2) is 8.85. The fourth-order valence-corrected chi connectivity index (χ4v) is 5.07. The van der Waals surface area contributed by atoms with Gasteiger partial charge in [-0.3, -0.25) is 0 Å². The Morgan fingerprint density at radius 1 is 0.688 bits per heavy atom. The minimum atomic E-state index is 0.262. The van der Waals surface area contributed by atoms with Gasteiger partial charge in [-0.1, -0.05) is 77.6 Å². The van der Waals surface area contributed by atoms with E-state index in [1.807, 2.05) is 0 Å². The van der Waals surface area contributed by atoms with Crippen molar-refractivity contribution in [2.75, 3.05) is 18.0 Å². The van der Waals surface area contributed by atoms with Crippen LogP contribution < -0.4 is 4.90 Å². The zero-order valence-electron chi connectivity index (χ0n) is 18.7. The highest BCUT2D eigenvalue weighted by molar-refractivity contribution is 7.17. The van der Waals surface area contributed by atoms with Crippen LogP contribution in [-0.2, 0) is 4.74 Å². The van der Waals surface area contributed by atoms with E-state index in [0.717, 1.165) is 34.2 Å².